The molecule has 0 fully saturated rings. The first-order valence-electron chi connectivity index (χ1n) is 4.42. The molecule has 1 heterocycles. The summed E-state index contributed by atoms with van der Waals surface area (Å²) >= 11 is 0. The molecule has 0 radical (unpaired) electrons. The van der Waals surface area contributed by atoms with Crippen LogP contribution in [0.2, 0.25) is 0 Å². The normalized spacial score (nSPS) is 12.8. The largest absolute Gasteiger partial charge is 0.356 e. The Morgan fingerprint density at radius 1 is 1.77 bits per heavy atom. The van der Waals surface area contributed by atoms with E-state index in [9.17, 15) is 0 Å². The average Bonchev–Trinajstić information content (AvgIpc) is 2.51. The lowest BCUT2D eigenvalue weighted by Gasteiger charge is -2.09. The zero-order chi connectivity index (χ0) is 9.84. The first-order chi connectivity index (χ1) is 6.13. The third-order valence-corrected chi connectivity index (χ3v) is 2.02. The first kappa shape index (κ1) is 9.99. The summed E-state index contributed by atoms with van der Waals surface area (Å²) in [6.07, 6.45) is 0.880. The second kappa shape index (κ2) is 4.23. The van der Waals surface area contributed by atoms with Gasteiger partial charge in [0.1, 0.15) is 0 Å². The Labute approximate surface area is 78.8 Å². The lowest BCUT2D eigenvalue weighted by atomic mass is 10.1. The molecule has 1 N–H and O–H groups in total. The Morgan fingerprint density at radius 2 is 2.46 bits per heavy atom. The van der Waals surface area contributed by atoms with Crippen LogP contribution in [0.5, 0.6) is 0 Å². The van der Waals surface area contributed by atoms with E-state index in [2.05, 4.69) is 24.0 Å². The second-order valence-electron chi connectivity index (χ2n) is 3.33. The van der Waals surface area contributed by atoms with Gasteiger partial charge in [-0.3, -0.25) is 0 Å². The monoisotopic (exact) mass is 180 g/mol. The fourth-order valence-corrected chi connectivity index (χ4v) is 1.10. The van der Waals surface area contributed by atoms with Crippen LogP contribution in [0.25, 0.3) is 5.57 Å². The molecule has 0 saturated heterocycles. The van der Waals surface area contributed by atoms with Crippen LogP contribution in [-0.4, -0.2) is 18.2 Å². The molecule has 1 aromatic heterocycles. The van der Waals surface area contributed by atoms with Gasteiger partial charge in [0, 0.05) is 12.1 Å². The van der Waals surface area contributed by atoms with Crippen molar-refractivity contribution in [2.24, 2.45) is 0 Å². The number of nitrogens with one attached hydrogen (secondary N) is 1. The molecule has 1 aromatic rings. The van der Waals surface area contributed by atoms with Crippen LogP contribution in [-0.2, 0) is 0 Å². The van der Waals surface area contributed by atoms with Crippen molar-refractivity contribution in [2.45, 2.75) is 26.3 Å². The molecule has 0 aliphatic rings. The summed E-state index contributed by atoms with van der Waals surface area (Å²) < 4.78 is 5.09. The number of aromatic nitrogens is 1. The third kappa shape index (κ3) is 2.70. The van der Waals surface area contributed by atoms with Gasteiger partial charge < -0.3 is 9.84 Å². The van der Waals surface area contributed by atoms with E-state index in [4.69, 9.17) is 4.52 Å². The molecule has 0 amide bonds. The number of aryl methyl sites for hydroxylation is 1. The van der Waals surface area contributed by atoms with Crippen LogP contribution in [0.3, 0.4) is 0 Å². The minimum atomic E-state index is 0.415. The Morgan fingerprint density at radius 3 is 2.92 bits per heavy atom. The van der Waals surface area contributed by atoms with E-state index >= 15 is 0 Å². The molecule has 3 nitrogen and oxygen atoms in total. The third-order valence-electron chi connectivity index (χ3n) is 2.02. The summed E-state index contributed by atoms with van der Waals surface area (Å²) in [6, 6.07) is 2.32. The number of rotatable bonds is 4. The molecule has 0 aromatic carbocycles. The van der Waals surface area contributed by atoms with Gasteiger partial charge >= 0.3 is 0 Å². The number of hydrogen-bond acceptors (Lipinski definition) is 3. The highest BCUT2D eigenvalue weighted by Gasteiger charge is 2.08. The fraction of sp³-hybridized carbons (Fsp3) is 0.500. The van der Waals surface area contributed by atoms with E-state index in [1.165, 1.54) is 0 Å². The summed E-state index contributed by atoms with van der Waals surface area (Å²) in [6.45, 7) is 7.96. The molecule has 72 valence electrons. The average molecular weight is 180 g/mol. The maximum Gasteiger partial charge on any atom is 0.162 e. The van der Waals surface area contributed by atoms with Gasteiger partial charge in [-0.05, 0) is 32.9 Å². The van der Waals surface area contributed by atoms with Gasteiger partial charge in [0.2, 0.25) is 0 Å². The van der Waals surface area contributed by atoms with Crippen LogP contribution >= 0.6 is 0 Å². The standard InChI is InChI=1S/C10H16N2O/c1-7(5-8(2)11-4)10-6-9(3)12-13-10/h6,8,11H,1,5H2,2-4H3. The molecule has 0 aliphatic heterocycles. The minimum Gasteiger partial charge on any atom is -0.356 e. The summed E-state index contributed by atoms with van der Waals surface area (Å²) in [5.74, 6) is 0.791. The zero-order valence-electron chi connectivity index (χ0n) is 8.42. The van der Waals surface area contributed by atoms with Gasteiger partial charge in [0.05, 0.1) is 5.69 Å². The van der Waals surface area contributed by atoms with Crippen molar-refractivity contribution in [2.75, 3.05) is 7.05 Å². The molecule has 1 unspecified atom stereocenters. The van der Waals surface area contributed by atoms with Crippen molar-refractivity contribution in [1.29, 1.82) is 0 Å². The first-order valence-corrected chi connectivity index (χ1v) is 4.42. The van der Waals surface area contributed by atoms with E-state index in [1.54, 1.807) is 0 Å². The van der Waals surface area contributed by atoms with Gasteiger partial charge in [0.25, 0.3) is 0 Å². The van der Waals surface area contributed by atoms with Crippen LogP contribution in [0, 0.1) is 6.92 Å². The maximum atomic E-state index is 5.09. The second-order valence-corrected chi connectivity index (χ2v) is 3.33. The summed E-state index contributed by atoms with van der Waals surface area (Å²) in [4.78, 5) is 0. The van der Waals surface area contributed by atoms with Crippen molar-refractivity contribution < 1.29 is 4.52 Å². The Bertz CT molecular complexity index is 291. The highest BCUT2D eigenvalue weighted by molar-refractivity contribution is 5.59. The van der Waals surface area contributed by atoms with Crippen molar-refractivity contribution in [3.05, 3.63) is 24.1 Å². The molecular formula is C10H16N2O. The van der Waals surface area contributed by atoms with Crippen molar-refractivity contribution in [3.63, 3.8) is 0 Å². The molecule has 0 aliphatic carbocycles. The van der Waals surface area contributed by atoms with E-state index in [0.717, 1.165) is 23.4 Å². The summed E-state index contributed by atoms with van der Waals surface area (Å²) in [5, 5.41) is 6.96. The highest BCUT2D eigenvalue weighted by Crippen LogP contribution is 2.18. The minimum absolute atomic E-state index is 0.415. The van der Waals surface area contributed by atoms with Gasteiger partial charge in [-0.2, -0.15) is 0 Å². The maximum absolute atomic E-state index is 5.09. The number of nitrogens with zero attached hydrogens (tertiary/aromatic N) is 1. The van der Waals surface area contributed by atoms with E-state index < -0.39 is 0 Å². The predicted octanol–water partition coefficient (Wildman–Crippen LogP) is 1.99. The molecular weight excluding hydrogens is 164 g/mol. The quantitative estimate of drug-likeness (QED) is 0.770. The van der Waals surface area contributed by atoms with Crippen molar-refractivity contribution >= 4 is 5.57 Å². The highest BCUT2D eigenvalue weighted by atomic mass is 16.5. The molecule has 0 spiro atoms. The Kier molecular flexibility index (Phi) is 3.25. The van der Waals surface area contributed by atoms with Gasteiger partial charge in [0.15, 0.2) is 5.76 Å². The summed E-state index contributed by atoms with van der Waals surface area (Å²) in [7, 11) is 1.93. The lowest BCUT2D eigenvalue weighted by molar-refractivity contribution is 0.403. The topological polar surface area (TPSA) is 38.1 Å². The molecule has 1 atom stereocenters. The van der Waals surface area contributed by atoms with Crippen LogP contribution < -0.4 is 5.32 Å². The SMILES string of the molecule is C=C(CC(C)NC)c1cc(C)no1. The van der Waals surface area contributed by atoms with Gasteiger partial charge in [-0.25, -0.2) is 0 Å². The Balaban J connectivity index is 2.58. The number of hydrogen-bond donors (Lipinski definition) is 1. The van der Waals surface area contributed by atoms with Gasteiger partial charge in [-0.15, -0.1) is 0 Å². The van der Waals surface area contributed by atoms with E-state index in [-0.39, 0.29) is 0 Å². The zero-order valence-corrected chi connectivity index (χ0v) is 8.42. The fourth-order valence-electron chi connectivity index (χ4n) is 1.10. The molecule has 0 saturated carbocycles. The molecule has 13 heavy (non-hydrogen) atoms. The Hall–Kier alpha value is -1.09. The van der Waals surface area contributed by atoms with Crippen LogP contribution in [0.4, 0.5) is 0 Å². The van der Waals surface area contributed by atoms with Crippen LogP contribution in [0.1, 0.15) is 24.8 Å². The summed E-state index contributed by atoms with van der Waals surface area (Å²) in [5.41, 5.74) is 1.88. The van der Waals surface area contributed by atoms with Crippen molar-refractivity contribution in [1.82, 2.24) is 10.5 Å². The van der Waals surface area contributed by atoms with Crippen LogP contribution in [0.15, 0.2) is 17.2 Å². The lowest BCUT2D eigenvalue weighted by Crippen LogP contribution is -2.20. The predicted molar refractivity (Wildman–Crippen MR) is 53.4 cm³/mol. The van der Waals surface area contributed by atoms with Crippen molar-refractivity contribution in [3.8, 4) is 0 Å². The van der Waals surface area contributed by atoms with Gasteiger partial charge in [-0.1, -0.05) is 11.7 Å². The van der Waals surface area contributed by atoms with E-state index in [0.29, 0.717) is 6.04 Å². The molecule has 0 bridgehead atoms. The molecule has 1 rings (SSSR count). The smallest absolute Gasteiger partial charge is 0.162 e. The van der Waals surface area contributed by atoms with E-state index in [1.807, 2.05) is 20.0 Å². The molecule has 3 heteroatoms.